The second kappa shape index (κ2) is 5.47. The highest BCUT2D eigenvalue weighted by molar-refractivity contribution is 5.99. The fourth-order valence-corrected chi connectivity index (χ4v) is 2.56. The third kappa shape index (κ3) is 2.44. The predicted molar refractivity (Wildman–Crippen MR) is 76.9 cm³/mol. The second-order valence-electron chi connectivity index (χ2n) is 4.94. The molecule has 1 aromatic heterocycles. The molecule has 1 aliphatic heterocycles. The van der Waals surface area contributed by atoms with Gasteiger partial charge in [-0.25, -0.2) is 4.79 Å². The Kier molecular flexibility index (Phi) is 3.51. The summed E-state index contributed by atoms with van der Waals surface area (Å²) in [6.45, 7) is 1.63. The summed E-state index contributed by atoms with van der Waals surface area (Å²) in [6.07, 6.45) is 2.09. The van der Waals surface area contributed by atoms with Crippen LogP contribution in [0.2, 0.25) is 0 Å². The minimum Gasteiger partial charge on any atom is -0.497 e. The van der Waals surface area contributed by atoms with Gasteiger partial charge in [-0.05, 0) is 37.1 Å². The van der Waals surface area contributed by atoms with Crippen LogP contribution in [0.15, 0.2) is 28.8 Å². The molecule has 0 atom stereocenters. The van der Waals surface area contributed by atoms with Crippen LogP contribution < -0.4 is 9.64 Å². The van der Waals surface area contributed by atoms with E-state index in [1.165, 1.54) is 0 Å². The Hall–Kier alpha value is -2.50. The first-order valence-corrected chi connectivity index (χ1v) is 6.83. The van der Waals surface area contributed by atoms with Crippen LogP contribution in [0.4, 0.5) is 5.82 Å². The van der Waals surface area contributed by atoms with E-state index < -0.39 is 5.97 Å². The maximum absolute atomic E-state index is 11.6. The molecule has 110 valence electrons. The van der Waals surface area contributed by atoms with E-state index in [-0.39, 0.29) is 11.3 Å². The molecule has 0 spiro atoms. The molecule has 3 rings (SSSR count). The highest BCUT2D eigenvalue weighted by Gasteiger charge is 2.28. The zero-order valence-corrected chi connectivity index (χ0v) is 11.7. The van der Waals surface area contributed by atoms with Crippen molar-refractivity contribution >= 4 is 11.8 Å². The lowest BCUT2D eigenvalue weighted by molar-refractivity contribution is 0.0698. The van der Waals surface area contributed by atoms with E-state index in [4.69, 9.17) is 9.26 Å². The maximum Gasteiger partial charge on any atom is 0.343 e. The number of hydrogen-bond donors (Lipinski definition) is 1. The zero-order chi connectivity index (χ0) is 14.8. The Morgan fingerprint density at radius 2 is 1.95 bits per heavy atom. The zero-order valence-electron chi connectivity index (χ0n) is 11.7. The number of carbonyl (C=O) groups is 1. The fourth-order valence-electron chi connectivity index (χ4n) is 2.56. The molecule has 1 aromatic carbocycles. The van der Waals surface area contributed by atoms with Gasteiger partial charge in [0.1, 0.15) is 5.75 Å². The highest BCUT2D eigenvalue weighted by Crippen LogP contribution is 2.33. The number of rotatable bonds is 4. The van der Waals surface area contributed by atoms with E-state index >= 15 is 0 Å². The summed E-state index contributed by atoms with van der Waals surface area (Å²) >= 11 is 0. The molecule has 0 aliphatic carbocycles. The van der Waals surface area contributed by atoms with Gasteiger partial charge in [-0.1, -0.05) is 5.16 Å². The lowest BCUT2D eigenvalue weighted by Gasteiger charge is -2.13. The van der Waals surface area contributed by atoms with Crippen molar-refractivity contribution in [3.8, 4) is 17.1 Å². The van der Waals surface area contributed by atoms with Crippen molar-refractivity contribution in [2.75, 3.05) is 25.1 Å². The first-order chi connectivity index (χ1) is 10.2. The fraction of sp³-hybridized carbons (Fsp3) is 0.333. The van der Waals surface area contributed by atoms with Crippen molar-refractivity contribution < 1.29 is 19.2 Å². The van der Waals surface area contributed by atoms with Crippen molar-refractivity contribution in [1.29, 1.82) is 0 Å². The number of nitrogens with zero attached hydrogens (tertiary/aromatic N) is 2. The number of ether oxygens (including phenoxy) is 1. The molecule has 1 saturated heterocycles. The van der Waals surface area contributed by atoms with Gasteiger partial charge in [0, 0.05) is 18.7 Å². The van der Waals surface area contributed by atoms with Gasteiger partial charge < -0.3 is 19.3 Å². The Labute approximate surface area is 121 Å². The summed E-state index contributed by atoms with van der Waals surface area (Å²) in [7, 11) is 1.58. The van der Waals surface area contributed by atoms with E-state index in [1.54, 1.807) is 31.4 Å². The van der Waals surface area contributed by atoms with Crippen LogP contribution in [0.1, 0.15) is 23.2 Å². The second-order valence-corrected chi connectivity index (χ2v) is 4.94. The predicted octanol–water partition coefficient (Wildman–Crippen LogP) is 2.65. The van der Waals surface area contributed by atoms with Gasteiger partial charge in [0.2, 0.25) is 0 Å². The summed E-state index contributed by atoms with van der Waals surface area (Å²) in [5.74, 6) is 0.386. The summed E-state index contributed by atoms with van der Waals surface area (Å²) in [4.78, 5) is 13.6. The molecule has 0 bridgehead atoms. The van der Waals surface area contributed by atoms with E-state index in [1.807, 2.05) is 4.90 Å². The number of benzene rings is 1. The standard InChI is InChI=1S/C15H16N2O4/c1-20-11-6-4-10(5-7-11)13-12(15(18)19)14(16-21-13)17-8-2-3-9-17/h4-7H,2-3,8-9H2,1H3,(H,18,19). The number of carboxylic acids is 1. The third-order valence-corrected chi connectivity index (χ3v) is 3.65. The van der Waals surface area contributed by atoms with Crippen LogP contribution in [-0.4, -0.2) is 36.4 Å². The molecular weight excluding hydrogens is 272 g/mol. The van der Waals surface area contributed by atoms with Crippen LogP contribution in [-0.2, 0) is 0 Å². The van der Waals surface area contributed by atoms with Crippen LogP contribution >= 0.6 is 0 Å². The number of carboxylic acid groups (broad SMARTS) is 1. The molecule has 0 amide bonds. The molecule has 6 heteroatoms. The molecule has 1 N–H and O–H groups in total. The normalized spacial score (nSPS) is 14.4. The van der Waals surface area contributed by atoms with Crippen LogP contribution in [0, 0.1) is 0 Å². The first kappa shape index (κ1) is 13.5. The largest absolute Gasteiger partial charge is 0.497 e. The summed E-state index contributed by atoms with van der Waals surface area (Å²) in [5.41, 5.74) is 0.799. The topological polar surface area (TPSA) is 75.8 Å². The Balaban J connectivity index is 2.03. The van der Waals surface area contributed by atoms with Gasteiger partial charge in [0.05, 0.1) is 7.11 Å². The SMILES string of the molecule is COc1ccc(-c2onc(N3CCCC3)c2C(=O)O)cc1. The molecule has 1 fully saturated rings. The molecular formula is C15H16N2O4. The van der Waals surface area contributed by atoms with Gasteiger partial charge >= 0.3 is 5.97 Å². The number of methoxy groups -OCH3 is 1. The number of aromatic nitrogens is 1. The van der Waals surface area contributed by atoms with Gasteiger partial charge in [0.25, 0.3) is 0 Å². The first-order valence-electron chi connectivity index (χ1n) is 6.83. The smallest absolute Gasteiger partial charge is 0.343 e. The number of hydrogen-bond acceptors (Lipinski definition) is 5. The van der Waals surface area contributed by atoms with Gasteiger partial charge in [-0.2, -0.15) is 0 Å². The maximum atomic E-state index is 11.6. The monoisotopic (exact) mass is 288 g/mol. The molecule has 0 radical (unpaired) electrons. The number of anilines is 1. The molecule has 0 saturated carbocycles. The van der Waals surface area contributed by atoms with Gasteiger partial charge in [-0.3, -0.25) is 0 Å². The highest BCUT2D eigenvalue weighted by atomic mass is 16.5. The quantitative estimate of drug-likeness (QED) is 0.932. The number of aromatic carboxylic acids is 1. The van der Waals surface area contributed by atoms with Crippen LogP contribution in [0.5, 0.6) is 5.75 Å². The van der Waals surface area contributed by atoms with Crippen molar-refractivity contribution in [2.24, 2.45) is 0 Å². The summed E-state index contributed by atoms with van der Waals surface area (Å²) < 4.78 is 10.4. The average Bonchev–Trinajstić information content (AvgIpc) is 3.16. The van der Waals surface area contributed by atoms with Gasteiger partial charge in [-0.15, -0.1) is 0 Å². The summed E-state index contributed by atoms with van der Waals surface area (Å²) in [6, 6.07) is 7.05. The average molecular weight is 288 g/mol. The Morgan fingerprint density at radius 1 is 1.29 bits per heavy atom. The Bertz CT molecular complexity index is 642. The van der Waals surface area contributed by atoms with E-state index in [0.717, 1.165) is 25.9 Å². The molecule has 21 heavy (non-hydrogen) atoms. The molecule has 0 unspecified atom stereocenters. The summed E-state index contributed by atoms with van der Waals surface area (Å²) in [5, 5.41) is 13.5. The van der Waals surface area contributed by atoms with E-state index in [9.17, 15) is 9.90 Å². The van der Waals surface area contributed by atoms with Gasteiger partial charge in [0.15, 0.2) is 17.1 Å². The third-order valence-electron chi connectivity index (χ3n) is 3.65. The molecule has 2 heterocycles. The molecule has 2 aromatic rings. The van der Waals surface area contributed by atoms with Crippen molar-refractivity contribution in [3.05, 3.63) is 29.8 Å². The minimum atomic E-state index is -1.02. The lowest BCUT2D eigenvalue weighted by Crippen LogP contribution is -2.20. The minimum absolute atomic E-state index is 0.127. The van der Waals surface area contributed by atoms with Crippen LogP contribution in [0.3, 0.4) is 0 Å². The van der Waals surface area contributed by atoms with E-state index in [2.05, 4.69) is 5.16 Å². The van der Waals surface area contributed by atoms with E-state index in [0.29, 0.717) is 17.1 Å². The van der Waals surface area contributed by atoms with Crippen molar-refractivity contribution in [1.82, 2.24) is 5.16 Å². The molecule has 1 aliphatic rings. The van der Waals surface area contributed by atoms with Crippen molar-refractivity contribution in [2.45, 2.75) is 12.8 Å². The lowest BCUT2D eigenvalue weighted by atomic mass is 10.1. The Morgan fingerprint density at radius 3 is 2.52 bits per heavy atom. The van der Waals surface area contributed by atoms with Crippen molar-refractivity contribution in [3.63, 3.8) is 0 Å². The molecule has 6 nitrogen and oxygen atoms in total. The van der Waals surface area contributed by atoms with Crippen LogP contribution in [0.25, 0.3) is 11.3 Å².